The summed E-state index contributed by atoms with van der Waals surface area (Å²) in [5, 5.41) is 18.6. The zero-order chi connectivity index (χ0) is 19.2. The van der Waals surface area contributed by atoms with Gasteiger partial charge in [-0.05, 0) is 54.6 Å². The Morgan fingerprint density at radius 2 is 1.74 bits per heavy atom. The normalized spacial score (nSPS) is 10.1. The largest absolute Gasteiger partial charge is 0.497 e. The number of nitrogens with one attached hydrogen (secondary N) is 3. The first-order valence-corrected chi connectivity index (χ1v) is 8.01. The van der Waals surface area contributed by atoms with E-state index in [4.69, 9.17) is 24.7 Å². The number of rotatable bonds is 5. The van der Waals surface area contributed by atoms with E-state index in [1.165, 1.54) is 6.26 Å². The Kier molecular flexibility index (Phi) is 5.32. The van der Waals surface area contributed by atoms with Gasteiger partial charge in [-0.15, -0.1) is 0 Å². The van der Waals surface area contributed by atoms with E-state index in [9.17, 15) is 4.79 Å². The zero-order valence-corrected chi connectivity index (χ0v) is 14.5. The quantitative estimate of drug-likeness (QED) is 0.472. The van der Waals surface area contributed by atoms with Gasteiger partial charge >= 0.3 is 0 Å². The summed E-state index contributed by atoms with van der Waals surface area (Å²) >= 11 is 0. The highest BCUT2D eigenvalue weighted by Gasteiger charge is 2.12. The van der Waals surface area contributed by atoms with Crippen molar-refractivity contribution in [3.05, 3.63) is 83.8 Å². The van der Waals surface area contributed by atoms with Crippen LogP contribution in [0.3, 0.4) is 0 Å². The molecule has 0 atom stereocenters. The molecule has 1 amide bonds. The highest BCUT2D eigenvalue weighted by atomic mass is 16.5. The van der Waals surface area contributed by atoms with E-state index in [0.29, 0.717) is 22.6 Å². The molecule has 3 N–H and O–H groups in total. The van der Waals surface area contributed by atoms with E-state index >= 15 is 0 Å². The predicted octanol–water partition coefficient (Wildman–Crippen LogP) is 3.91. The molecule has 27 heavy (non-hydrogen) atoms. The Balaban J connectivity index is 1.68. The molecule has 1 heterocycles. The summed E-state index contributed by atoms with van der Waals surface area (Å²) in [5.41, 5.74) is 1.40. The van der Waals surface area contributed by atoms with E-state index in [-0.39, 0.29) is 23.5 Å². The first-order chi connectivity index (χ1) is 13.1. The number of anilines is 1. The van der Waals surface area contributed by atoms with Crippen LogP contribution in [0.1, 0.15) is 21.7 Å². The van der Waals surface area contributed by atoms with Crippen LogP contribution in [0.5, 0.6) is 5.75 Å². The maximum absolute atomic E-state index is 12.3. The van der Waals surface area contributed by atoms with Crippen LogP contribution >= 0.6 is 0 Å². The second-order valence-corrected chi connectivity index (χ2v) is 5.50. The molecular formula is C20H17N3O4. The Morgan fingerprint density at radius 1 is 0.963 bits per heavy atom. The fraction of sp³-hybridized carbons (Fsp3) is 0.0500. The topological polar surface area (TPSA) is 108 Å². The lowest BCUT2D eigenvalue weighted by atomic mass is 10.1. The standard InChI is InChI=1S/C20H17N3O4/c1-25-16-9-7-13(8-10-16)20(24)23-15-5-2-4-14(12-15)18(21)27-19(22)17-6-3-11-26-17/h2-12,21-22H,1H3,(H,23,24). The van der Waals surface area contributed by atoms with Crippen molar-refractivity contribution in [2.24, 2.45) is 0 Å². The van der Waals surface area contributed by atoms with E-state index < -0.39 is 0 Å². The van der Waals surface area contributed by atoms with Gasteiger partial charge in [0, 0.05) is 16.8 Å². The minimum atomic E-state index is -0.286. The Morgan fingerprint density at radius 3 is 2.41 bits per heavy atom. The molecular weight excluding hydrogens is 346 g/mol. The van der Waals surface area contributed by atoms with Gasteiger partial charge < -0.3 is 19.2 Å². The number of hydrogen-bond acceptors (Lipinski definition) is 6. The van der Waals surface area contributed by atoms with Gasteiger partial charge in [0.2, 0.25) is 5.90 Å². The lowest BCUT2D eigenvalue weighted by Gasteiger charge is -2.09. The van der Waals surface area contributed by atoms with Gasteiger partial charge in [0.05, 0.1) is 13.4 Å². The summed E-state index contributed by atoms with van der Waals surface area (Å²) in [7, 11) is 1.56. The van der Waals surface area contributed by atoms with E-state index in [2.05, 4.69) is 5.32 Å². The molecule has 7 nitrogen and oxygen atoms in total. The number of amides is 1. The van der Waals surface area contributed by atoms with Crippen LogP contribution in [0.15, 0.2) is 71.3 Å². The van der Waals surface area contributed by atoms with Crippen LogP contribution in [0.25, 0.3) is 0 Å². The fourth-order valence-electron chi connectivity index (χ4n) is 2.30. The van der Waals surface area contributed by atoms with Gasteiger partial charge in [0.25, 0.3) is 11.8 Å². The van der Waals surface area contributed by atoms with Crippen LogP contribution in [0.4, 0.5) is 5.69 Å². The van der Waals surface area contributed by atoms with Crippen molar-refractivity contribution in [2.45, 2.75) is 0 Å². The fourth-order valence-corrected chi connectivity index (χ4v) is 2.30. The van der Waals surface area contributed by atoms with Crippen molar-refractivity contribution in [1.29, 1.82) is 10.8 Å². The molecule has 0 fully saturated rings. The Hall–Kier alpha value is -3.87. The summed E-state index contributed by atoms with van der Waals surface area (Å²) in [4.78, 5) is 12.3. The SMILES string of the molecule is COc1ccc(C(=O)Nc2cccc(C(=N)OC(=N)c3ccco3)c2)cc1. The molecule has 0 bridgehead atoms. The third kappa shape index (κ3) is 4.40. The van der Waals surface area contributed by atoms with Crippen LogP contribution in [0, 0.1) is 10.8 Å². The molecule has 0 aliphatic heterocycles. The summed E-state index contributed by atoms with van der Waals surface area (Å²) < 4.78 is 15.3. The maximum atomic E-state index is 12.3. The van der Waals surface area contributed by atoms with Crippen molar-refractivity contribution in [2.75, 3.05) is 12.4 Å². The third-order valence-corrected chi connectivity index (χ3v) is 3.68. The molecule has 0 unspecified atom stereocenters. The highest BCUT2D eigenvalue weighted by Crippen LogP contribution is 2.16. The molecule has 1 aromatic heterocycles. The Labute approximate surface area is 155 Å². The first kappa shape index (κ1) is 17.9. The molecule has 3 aromatic rings. The average molecular weight is 363 g/mol. The summed E-state index contributed by atoms with van der Waals surface area (Å²) in [5.74, 6) is 0.113. The molecule has 2 aromatic carbocycles. The lowest BCUT2D eigenvalue weighted by Crippen LogP contribution is -2.14. The van der Waals surface area contributed by atoms with Gasteiger partial charge in [0.1, 0.15) is 5.75 Å². The Bertz CT molecular complexity index is 963. The second-order valence-electron chi connectivity index (χ2n) is 5.50. The lowest BCUT2D eigenvalue weighted by molar-refractivity contribution is 0.102. The first-order valence-electron chi connectivity index (χ1n) is 8.01. The van der Waals surface area contributed by atoms with Crippen molar-refractivity contribution < 1.29 is 18.7 Å². The number of benzene rings is 2. The van der Waals surface area contributed by atoms with E-state index in [0.717, 1.165) is 0 Å². The zero-order valence-electron chi connectivity index (χ0n) is 14.5. The maximum Gasteiger partial charge on any atom is 0.257 e. The molecule has 3 rings (SSSR count). The molecule has 0 aliphatic carbocycles. The number of methoxy groups -OCH3 is 1. The molecule has 0 aliphatic rings. The van der Waals surface area contributed by atoms with Crippen molar-refractivity contribution >= 4 is 23.4 Å². The van der Waals surface area contributed by atoms with Gasteiger partial charge in [-0.2, -0.15) is 0 Å². The number of carbonyl (C=O) groups excluding carboxylic acids is 1. The number of furan rings is 1. The second kappa shape index (κ2) is 8.01. The van der Waals surface area contributed by atoms with Gasteiger partial charge in [0.15, 0.2) is 5.76 Å². The molecule has 0 saturated heterocycles. The monoisotopic (exact) mass is 363 g/mol. The van der Waals surface area contributed by atoms with Crippen molar-refractivity contribution in [3.63, 3.8) is 0 Å². The molecule has 136 valence electrons. The van der Waals surface area contributed by atoms with Crippen LogP contribution in [-0.4, -0.2) is 24.8 Å². The van der Waals surface area contributed by atoms with Crippen molar-refractivity contribution in [1.82, 2.24) is 0 Å². The van der Waals surface area contributed by atoms with Crippen LogP contribution < -0.4 is 10.1 Å². The van der Waals surface area contributed by atoms with E-state index in [1.807, 2.05) is 0 Å². The smallest absolute Gasteiger partial charge is 0.257 e. The van der Waals surface area contributed by atoms with Crippen LogP contribution in [0.2, 0.25) is 0 Å². The van der Waals surface area contributed by atoms with Gasteiger partial charge in [-0.3, -0.25) is 15.6 Å². The van der Waals surface area contributed by atoms with Gasteiger partial charge in [-0.25, -0.2) is 0 Å². The summed E-state index contributed by atoms with van der Waals surface area (Å²) in [6.07, 6.45) is 1.42. The van der Waals surface area contributed by atoms with E-state index in [1.54, 1.807) is 67.8 Å². The van der Waals surface area contributed by atoms with Gasteiger partial charge in [-0.1, -0.05) is 6.07 Å². The predicted molar refractivity (Wildman–Crippen MR) is 101 cm³/mol. The van der Waals surface area contributed by atoms with Crippen LogP contribution in [-0.2, 0) is 4.74 Å². The molecule has 0 saturated carbocycles. The number of hydrogen-bond donors (Lipinski definition) is 3. The van der Waals surface area contributed by atoms with Crippen molar-refractivity contribution in [3.8, 4) is 5.75 Å². The molecule has 0 radical (unpaired) electrons. The molecule has 0 spiro atoms. The minimum absolute atomic E-state index is 0.225. The molecule has 7 heteroatoms. The minimum Gasteiger partial charge on any atom is -0.497 e. The summed E-state index contributed by atoms with van der Waals surface area (Å²) in [6, 6.07) is 16.6. The highest BCUT2D eigenvalue weighted by molar-refractivity contribution is 6.06. The average Bonchev–Trinajstić information content (AvgIpc) is 3.23. The number of ether oxygens (including phenoxy) is 2. The summed E-state index contributed by atoms with van der Waals surface area (Å²) in [6.45, 7) is 0. The number of carbonyl (C=O) groups is 1. The third-order valence-electron chi connectivity index (χ3n) is 3.68.